The van der Waals surface area contributed by atoms with Gasteiger partial charge in [0.05, 0.1) is 5.60 Å². The van der Waals surface area contributed by atoms with Crippen molar-refractivity contribution >= 4 is 17.0 Å². The summed E-state index contributed by atoms with van der Waals surface area (Å²) in [7, 11) is 4.36. The van der Waals surface area contributed by atoms with Crippen molar-refractivity contribution in [2.24, 2.45) is 0 Å². The fraction of sp³-hybridized carbons (Fsp3) is 0.684. The first-order chi connectivity index (χ1) is 10.1. The van der Waals surface area contributed by atoms with Crippen LogP contribution in [0, 0.1) is 0 Å². The van der Waals surface area contributed by atoms with Crippen molar-refractivity contribution in [1.82, 2.24) is 4.90 Å². The van der Waals surface area contributed by atoms with Crippen LogP contribution in [0.15, 0.2) is 18.2 Å². The molecule has 3 rings (SSSR count). The summed E-state index contributed by atoms with van der Waals surface area (Å²) >= 11 is 0. The molecule has 0 saturated heterocycles. The van der Waals surface area contributed by atoms with Gasteiger partial charge in [-0.1, -0.05) is 43.9 Å². The van der Waals surface area contributed by atoms with Gasteiger partial charge in [-0.25, -0.2) is 0 Å². The van der Waals surface area contributed by atoms with Crippen LogP contribution in [0.5, 0.6) is 0 Å². The summed E-state index contributed by atoms with van der Waals surface area (Å²) in [6.07, 6.45) is 10.3. The molecule has 1 aromatic carbocycles. The van der Waals surface area contributed by atoms with Crippen molar-refractivity contribution in [2.45, 2.75) is 69.4 Å². The maximum atomic E-state index is 11.3. The van der Waals surface area contributed by atoms with Crippen LogP contribution < -0.4 is 0 Å². The van der Waals surface area contributed by atoms with Crippen molar-refractivity contribution in [2.75, 3.05) is 14.1 Å². The van der Waals surface area contributed by atoms with Crippen molar-refractivity contribution in [1.29, 1.82) is 0 Å². The first-order valence-electron chi connectivity index (χ1n) is 8.60. The Hall–Kier alpha value is -0.380. The summed E-state index contributed by atoms with van der Waals surface area (Å²) in [4.78, 5) is 2.34. The number of fused-ring (bicyclic) bond motifs is 1. The number of benzene rings is 1. The van der Waals surface area contributed by atoms with Crippen LogP contribution in [-0.2, 0) is 18.4 Å². The number of hydrogen-bond acceptors (Lipinski definition) is 2. The molecule has 2 nitrogen and oxygen atoms in total. The highest BCUT2D eigenvalue weighted by Crippen LogP contribution is 2.40. The van der Waals surface area contributed by atoms with Crippen LogP contribution in [0.25, 0.3) is 0 Å². The van der Waals surface area contributed by atoms with Gasteiger partial charge in [-0.15, -0.1) is 17.0 Å². The number of aliphatic hydroxyl groups is 1. The molecule has 0 aliphatic heterocycles. The third-order valence-electron chi connectivity index (χ3n) is 5.62. The molecule has 124 valence electrons. The lowest BCUT2D eigenvalue weighted by molar-refractivity contribution is 0.0193. The van der Waals surface area contributed by atoms with E-state index in [2.05, 4.69) is 37.2 Å². The molecule has 1 N–H and O–H groups in total. The van der Waals surface area contributed by atoms with Gasteiger partial charge in [-0.2, -0.15) is 0 Å². The van der Waals surface area contributed by atoms with Crippen molar-refractivity contribution in [3.8, 4) is 0 Å². The van der Waals surface area contributed by atoms with E-state index >= 15 is 0 Å². The maximum Gasteiger partial charge on any atom is 0.0899 e. The van der Waals surface area contributed by atoms with Crippen molar-refractivity contribution < 1.29 is 5.11 Å². The number of nitrogens with zero attached hydrogens (tertiary/aromatic N) is 1. The van der Waals surface area contributed by atoms with E-state index in [1.807, 2.05) is 0 Å². The van der Waals surface area contributed by atoms with Crippen molar-refractivity contribution in [3.05, 3.63) is 34.9 Å². The molecule has 1 aromatic rings. The average Bonchev–Trinajstić information content (AvgIpc) is 2.71. The van der Waals surface area contributed by atoms with Gasteiger partial charge in [-0.05, 0) is 62.9 Å². The van der Waals surface area contributed by atoms with Gasteiger partial charge in [0.1, 0.15) is 0 Å². The smallest absolute Gasteiger partial charge is 0.0899 e. The van der Waals surface area contributed by atoms with Crippen molar-refractivity contribution in [3.63, 3.8) is 0 Å². The largest absolute Gasteiger partial charge is 0.385 e. The van der Waals surface area contributed by atoms with Crippen LogP contribution in [0.4, 0.5) is 0 Å². The normalized spacial score (nSPS) is 24.3. The van der Waals surface area contributed by atoms with Gasteiger partial charge in [0, 0.05) is 6.04 Å². The molecule has 1 atom stereocenters. The third kappa shape index (κ3) is 3.58. The minimum absolute atomic E-state index is 0. The molecule has 0 radical (unpaired) electrons. The van der Waals surface area contributed by atoms with Gasteiger partial charge in [0.15, 0.2) is 0 Å². The lowest BCUT2D eigenvalue weighted by atomic mass is 9.77. The monoisotopic (exact) mass is 367 g/mol. The minimum Gasteiger partial charge on any atom is -0.385 e. The summed E-state index contributed by atoms with van der Waals surface area (Å²) in [6, 6.07) is 7.24. The lowest BCUT2D eigenvalue weighted by Crippen LogP contribution is -2.36. The standard InChI is InChI=1S/C19H29NO.BrH/c1-20(2)16-11-10-15-8-7-9-18(17(15)14-16)19(21)12-5-3-4-6-13-19;/h7-9,16,21H,3-6,10-14H2,1-2H3;1H/t16-;/m1./s1. The Morgan fingerprint density at radius 3 is 2.41 bits per heavy atom. The van der Waals surface area contributed by atoms with E-state index in [0.717, 1.165) is 38.5 Å². The van der Waals surface area contributed by atoms with E-state index in [1.165, 1.54) is 36.0 Å². The second-order valence-electron chi connectivity index (χ2n) is 7.25. The molecular formula is C19H30BrNO. The van der Waals surface area contributed by atoms with E-state index in [9.17, 15) is 5.11 Å². The van der Waals surface area contributed by atoms with E-state index in [1.54, 1.807) is 0 Å². The highest BCUT2D eigenvalue weighted by Gasteiger charge is 2.34. The van der Waals surface area contributed by atoms with E-state index in [0.29, 0.717) is 6.04 Å². The number of hydrogen-bond donors (Lipinski definition) is 1. The fourth-order valence-electron chi connectivity index (χ4n) is 4.23. The Bertz CT molecular complexity index is 492. The zero-order valence-electron chi connectivity index (χ0n) is 14.0. The average molecular weight is 368 g/mol. The Kier molecular flexibility index (Phi) is 6.09. The van der Waals surface area contributed by atoms with E-state index in [-0.39, 0.29) is 17.0 Å². The molecule has 2 aliphatic carbocycles. The third-order valence-corrected chi connectivity index (χ3v) is 5.62. The predicted molar refractivity (Wildman–Crippen MR) is 97.9 cm³/mol. The fourth-order valence-corrected chi connectivity index (χ4v) is 4.23. The zero-order chi connectivity index (χ0) is 14.9. The molecule has 0 amide bonds. The van der Waals surface area contributed by atoms with Gasteiger partial charge in [0.25, 0.3) is 0 Å². The Morgan fingerprint density at radius 1 is 1.09 bits per heavy atom. The second-order valence-corrected chi connectivity index (χ2v) is 7.25. The first kappa shape index (κ1) is 18.0. The van der Waals surface area contributed by atoms with Gasteiger partial charge in [0.2, 0.25) is 0 Å². The van der Waals surface area contributed by atoms with Gasteiger partial charge < -0.3 is 10.0 Å². The van der Waals surface area contributed by atoms with Crippen LogP contribution in [0.3, 0.4) is 0 Å². The summed E-state index contributed by atoms with van der Waals surface area (Å²) in [5, 5.41) is 11.3. The second kappa shape index (κ2) is 7.46. The Labute approximate surface area is 145 Å². The summed E-state index contributed by atoms with van der Waals surface area (Å²) in [5.41, 5.74) is 3.60. The number of rotatable bonds is 2. The molecule has 0 unspecified atom stereocenters. The summed E-state index contributed by atoms with van der Waals surface area (Å²) in [5.74, 6) is 0. The van der Waals surface area contributed by atoms with Crippen LogP contribution in [0.1, 0.15) is 61.6 Å². The van der Waals surface area contributed by atoms with Gasteiger partial charge in [-0.3, -0.25) is 0 Å². The molecule has 0 heterocycles. The SMILES string of the molecule is Br.CN(C)[C@@H]1CCc2cccc(C3(O)CCCCCC3)c2C1. The quantitative estimate of drug-likeness (QED) is 0.790. The first-order valence-corrected chi connectivity index (χ1v) is 8.60. The summed E-state index contributed by atoms with van der Waals surface area (Å²) < 4.78 is 0. The highest BCUT2D eigenvalue weighted by molar-refractivity contribution is 8.93. The molecular weight excluding hydrogens is 338 g/mol. The molecule has 0 bridgehead atoms. The van der Waals surface area contributed by atoms with Crippen LogP contribution in [-0.4, -0.2) is 30.1 Å². The van der Waals surface area contributed by atoms with E-state index < -0.39 is 5.60 Å². The number of likely N-dealkylation sites (N-methyl/N-ethyl adjacent to an activating group) is 1. The van der Waals surface area contributed by atoms with Gasteiger partial charge >= 0.3 is 0 Å². The molecule has 0 spiro atoms. The number of halogens is 1. The minimum atomic E-state index is -0.573. The molecule has 1 fully saturated rings. The molecule has 1 saturated carbocycles. The zero-order valence-corrected chi connectivity index (χ0v) is 15.7. The maximum absolute atomic E-state index is 11.3. The predicted octanol–water partition coefficient (Wildman–Crippen LogP) is 4.23. The van der Waals surface area contributed by atoms with Crippen LogP contribution >= 0.6 is 17.0 Å². The lowest BCUT2D eigenvalue weighted by Gasteiger charge is -2.36. The Balaban J connectivity index is 0.00000176. The molecule has 2 aliphatic rings. The van der Waals surface area contributed by atoms with E-state index in [4.69, 9.17) is 0 Å². The number of aryl methyl sites for hydroxylation is 1. The van der Waals surface area contributed by atoms with Crippen LogP contribution in [0.2, 0.25) is 0 Å². The molecule has 3 heteroatoms. The molecule has 0 aromatic heterocycles. The topological polar surface area (TPSA) is 23.5 Å². The highest BCUT2D eigenvalue weighted by atomic mass is 79.9. The summed E-state index contributed by atoms with van der Waals surface area (Å²) in [6.45, 7) is 0. The Morgan fingerprint density at radius 2 is 1.77 bits per heavy atom. The molecule has 22 heavy (non-hydrogen) atoms.